The summed E-state index contributed by atoms with van der Waals surface area (Å²) >= 11 is 3.38. The first-order chi connectivity index (χ1) is 10.1. The van der Waals surface area contributed by atoms with E-state index in [-0.39, 0.29) is 11.3 Å². The molecule has 0 atom stereocenters. The maximum Gasteiger partial charge on any atom is 0.269 e. The highest BCUT2D eigenvalue weighted by Gasteiger charge is 2.04. The molecule has 0 aliphatic heterocycles. The summed E-state index contributed by atoms with van der Waals surface area (Å²) in [5.74, 6) is -0.644. The van der Waals surface area contributed by atoms with Crippen molar-refractivity contribution in [1.82, 2.24) is 9.78 Å². The number of aromatic nitrogens is 2. The Bertz CT molecular complexity index is 720. The van der Waals surface area contributed by atoms with Gasteiger partial charge in [-0.1, -0.05) is 40.2 Å². The quantitative estimate of drug-likeness (QED) is 0.900. The third kappa shape index (κ3) is 4.39. The molecule has 1 heterocycles. The fraction of sp³-hybridized carbons (Fsp3) is 0.133. The number of carbonyl (C=O) groups is 1. The molecule has 0 saturated heterocycles. The minimum atomic E-state index is -0.644. The van der Waals surface area contributed by atoms with E-state index in [1.165, 1.54) is 16.8 Å². The molecule has 2 N–H and O–H groups in total. The molecule has 0 saturated carbocycles. The number of rotatable bonds is 5. The maximum atomic E-state index is 11.6. The van der Waals surface area contributed by atoms with Crippen molar-refractivity contribution in [3.05, 3.63) is 68.6 Å². The molecule has 0 fully saturated rings. The van der Waals surface area contributed by atoms with E-state index in [2.05, 4.69) is 21.0 Å². The maximum absolute atomic E-state index is 11.6. The van der Waals surface area contributed by atoms with Crippen molar-refractivity contribution in [3.8, 4) is 0 Å². The number of halogens is 1. The lowest BCUT2D eigenvalue weighted by molar-refractivity contribution is 0.0993. The number of nitrogens with zero attached hydrogens (tertiary/aromatic N) is 2. The highest BCUT2D eigenvalue weighted by Crippen LogP contribution is 2.11. The highest BCUT2D eigenvalue weighted by atomic mass is 79.9. The van der Waals surface area contributed by atoms with Crippen LogP contribution >= 0.6 is 15.9 Å². The Hall–Kier alpha value is -2.21. The molecule has 1 aromatic heterocycles. The van der Waals surface area contributed by atoms with Crippen LogP contribution in [0.3, 0.4) is 0 Å². The van der Waals surface area contributed by atoms with E-state index < -0.39 is 5.91 Å². The minimum absolute atomic E-state index is 0.0893. The Balaban J connectivity index is 2.00. The molecule has 0 spiro atoms. The van der Waals surface area contributed by atoms with Crippen LogP contribution < -0.4 is 11.3 Å². The average molecular weight is 348 g/mol. The van der Waals surface area contributed by atoms with Gasteiger partial charge >= 0.3 is 0 Å². The summed E-state index contributed by atoms with van der Waals surface area (Å²) in [6.45, 7) is 0.396. The van der Waals surface area contributed by atoms with Crippen molar-refractivity contribution in [3.63, 3.8) is 0 Å². The summed E-state index contributed by atoms with van der Waals surface area (Å²) < 4.78 is 2.27. The number of aryl methyl sites for hydroxylation is 1. The molecule has 0 bridgehead atoms. The third-order valence-corrected chi connectivity index (χ3v) is 3.34. The number of carbonyl (C=O) groups excluding carboxylic acids is 1. The van der Waals surface area contributed by atoms with Gasteiger partial charge in [-0.2, -0.15) is 5.10 Å². The molecular formula is C15H14BrN3O2. The fourth-order valence-corrected chi connectivity index (χ4v) is 1.99. The minimum Gasteiger partial charge on any atom is -0.364 e. The van der Waals surface area contributed by atoms with Crippen LogP contribution in [0, 0.1) is 0 Å². The monoisotopic (exact) mass is 347 g/mol. The predicted molar refractivity (Wildman–Crippen MR) is 84.8 cm³/mol. The molecule has 0 aliphatic carbocycles. The summed E-state index contributed by atoms with van der Waals surface area (Å²) in [5.41, 5.74) is 6.05. The molecule has 5 nitrogen and oxygen atoms in total. The molecule has 6 heteroatoms. The number of benzene rings is 1. The van der Waals surface area contributed by atoms with E-state index in [4.69, 9.17) is 5.73 Å². The van der Waals surface area contributed by atoms with E-state index in [0.29, 0.717) is 13.0 Å². The standard InChI is InChI=1S/C15H14BrN3O2/c16-12-6-4-11(5-7-12)3-1-2-10-19-14(20)9-8-13(18-19)15(17)21/h1,3-9H,2,10H2,(H2,17,21). The Morgan fingerprint density at radius 3 is 2.62 bits per heavy atom. The summed E-state index contributed by atoms with van der Waals surface area (Å²) in [6, 6.07) is 10.5. The molecular weight excluding hydrogens is 334 g/mol. The average Bonchev–Trinajstić information content (AvgIpc) is 2.47. The summed E-state index contributed by atoms with van der Waals surface area (Å²) in [4.78, 5) is 22.6. The van der Waals surface area contributed by atoms with Crippen molar-refractivity contribution in [2.75, 3.05) is 0 Å². The van der Waals surface area contributed by atoms with E-state index in [9.17, 15) is 9.59 Å². The van der Waals surface area contributed by atoms with Crippen molar-refractivity contribution >= 4 is 27.9 Å². The number of primary amides is 1. The van der Waals surface area contributed by atoms with Gasteiger partial charge in [-0.25, -0.2) is 4.68 Å². The van der Waals surface area contributed by atoms with Crippen LogP contribution in [-0.4, -0.2) is 15.7 Å². The van der Waals surface area contributed by atoms with E-state index in [1.54, 1.807) is 0 Å². The van der Waals surface area contributed by atoms with Gasteiger partial charge in [-0.3, -0.25) is 9.59 Å². The van der Waals surface area contributed by atoms with Crippen molar-refractivity contribution in [1.29, 1.82) is 0 Å². The van der Waals surface area contributed by atoms with Gasteiger partial charge in [0.05, 0.1) is 0 Å². The summed E-state index contributed by atoms with van der Waals surface area (Å²) in [5, 5.41) is 3.92. The lowest BCUT2D eigenvalue weighted by atomic mass is 10.2. The van der Waals surface area contributed by atoms with Crippen molar-refractivity contribution in [2.24, 2.45) is 5.73 Å². The van der Waals surface area contributed by atoms with Gasteiger partial charge in [-0.05, 0) is 30.2 Å². The van der Waals surface area contributed by atoms with Crippen LogP contribution in [0.5, 0.6) is 0 Å². The number of hydrogen-bond donors (Lipinski definition) is 1. The largest absolute Gasteiger partial charge is 0.364 e. The lowest BCUT2D eigenvalue weighted by Gasteiger charge is -2.03. The molecule has 2 rings (SSSR count). The molecule has 108 valence electrons. The fourth-order valence-electron chi connectivity index (χ4n) is 1.73. The van der Waals surface area contributed by atoms with E-state index >= 15 is 0 Å². The number of hydrogen-bond acceptors (Lipinski definition) is 3. The Morgan fingerprint density at radius 2 is 1.95 bits per heavy atom. The lowest BCUT2D eigenvalue weighted by Crippen LogP contribution is -2.26. The molecule has 0 aliphatic rings. The zero-order chi connectivity index (χ0) is 15.2. The van der Waals surface area contributed by atoms with Crippen LogP contribution in [0.15, 0.2) is 51.7 Å². The Morgan fingerprint density at radius 1 is 1.24 bits per heavy atom. The Labute approximate surface area is 130 Å². The van der Waals surface area contributed by atoms with E-state index in [0.717, 1.165) is 10.0 Å². The van der Waals surface area contributed by atoms with Gasteiger partial charge in [0.15, 0.2) is 0 Å². The second-order valence-corrected chi connectivity index (χ2v) is 5.30. The van der Waals surface area contributed by atoms with Crippen molar-refractivity contribution < 1.29 is 4.79 Å². The van der Waals surface area contributed by atoms with Gasteiger partial charge < -0.3 is 5.73 Å². The van der Waals surface area contributed by atoms with Crippen LogP contribution in [0.1, 0.15) is 22.5 Å². The van der Waals surface area contributed by atoms with Gasteiger partial charge in [0.2, 0.25) is 0 Å². The van der Waals surface area contributed by atoms with Gasteiger partial charge in [0.1, 0.15) is 5.69 Å². The summed E-state index contributed by atoms with van der Waals surface area (Å²) in [6.07, 6.45) is 4.55. The second kappa shape index (κ2) is 6.99. The number of amides is 1. The van der Waals surface area contributed by atoms with Gasteiger partial charge in [0, 0.05) is 17.1 Å². The number of allylic oxidation sites excluding steroid dienone is 1. The molecule has 2 aromatic rings. The Kier molecular flexibility index (Phi) is 5.05. The zero-order valence-electron chi connectivity index (χ0n) is 11.2. The first kappa shape index (κ1) is 15.2. The SMILES string of the molecule is NC(=O)c1ccc(=O)n(CCC=Cc2ccc(Br)cc2)n1. The van der Waals surface area contributed by atoms with E-state index in [1.807, 2.05) is 36.4 Å². The van der Waals surface area contributed by atoms with Crippen LogP contribution in [-0.2, 0) is 6.54 Å². The number of nitrogens with two attached hydrogens (primary N) is 1. The topological polar surface area (TPSA) is 78.0 Å². The smallest absolute Gasteiger partial charge is 0.269 e. The van der Waals surface area contributed by atoms with Crippen LogP contribution in [0.25, 0.3) is 6.08 Å². The second-order valence-electron chi connectivity index (χ2n) is 4.39. The molecule has 1 aromatic carbocycles. The molecule has 0 radical (unpaired) electrons. The van der Waals surface area contributed by atoms with Crippen LogP contribution in [0.2, 0.25) is 0 Å². The first-order valence-electron chi connectivity index (χ1n) is 6.36. The van der Waals surface area contributed by atoms with Crippen LogP contribution in [0.4, 0.5) is 0 Å². The third-order valence-electron chi connectivity index (χ3n) is 2.81. The van der Waals surface area contributed by atoms with Gasteiger partial charge in [-0.15, -0.1) is 0 Å². The molecule has 0 unspecified atom stereocenters. The summed E-state index contributed by atoms with van der Waals surface area (Å²) in [7, 11) is 0. The molecule has 1 amide bonds. The molecule has 21 heavy (non-hydrogen) atoms. The zero-order valence-corrected chi connectivity index (χ0v) is 12.8. The van der Waals surface area contributed by atoms with Crippen molar-refractivity contribution in [2.45, 2.75) is 13.0 Å². The van der Waals surface area contributed by atoms with Gasteiger partial charge in [0.25, 0.3) is 11.5 Å². The normalized spacial score (nSPS) is 10.9. The first-order valence-corrected chi connectivity index (χ1v) is 7.15. The highest BCUT2D eigenvalue weighted by molar-refractivity contribution is 9.10. The predicted octanol–water partition coefficient (Wildman–Crippen LogP) is 2.21.